The van der Waals surface area contributed by atoms with Crippen LogP contribution in [-0.2, 0) is 11.2 Å². The van der Waals surface area contributed by atoms with E-state index in [1.54, 1.807) is 0 Å². The van der Waals surface area contributed by atoms with E-state index in [4.69, 9.17) is 4.74 Å². The molecule has 1 amide bonds. The normalized spacial score (nSPS) is 27.4. The summed E-state index contributed by atoms with van der Waals surface area (Å²) in [7, 11) is 0. The number of H-pyrrole nitrogens is 1. The van der Waals surface area contributed by atoms with Crippen molar-refractivity contribution in [1.29, 1.82) is 0 Å². The molecule has 6 heteroatoms. The number of aryl methyl sites for hydroxylation is 1. The number of carbonyl (C=O) groups is 1. The van der Waals surface area contributed by atoms with Crippen LogP contribution in [-0.4, -0.2) is 57.0 Å². The van der Waals surface area contributed by atoms with Crippen molar-refractivity contribution in [2.75, 3.05) is 19.7 Å². The van der Waals surface area contributed by atoms with Gasteiger partial charge in [-0.05, 0) is 39.5 Å². The summed E-state index contributed by atoms with van der Waals surface area (Å²) in [5.74, 6) is -0.00382. The quantitative estimate of drug-likeness (QED) is 0.871. The molecule has 0 aromatic carbocycles. The standard InChI is InChI=1S/C17H27N3O3/c1-4-13-12(2)14(19-18-13)15(21)20-8-5-17(6-9-20)11-16(3,22)7-10-23-17/h22H,4-11H2,1-3H3,(H,18,19). The third-order valence-corrected chi connectivity index (χ3v) is 5.38. The number of hydrogen-bond acceptors (Lipinski definition) is 4. The van der Waals surface area contributed by atoms with Crippen molar-refractivity contribution in [3.8, 4) is 0 Å². The van der Waals surface area contributed by atoms with E-state index in [0.29, 0.717) is 38.2 Å². The lowest BCUT2D eigenvalue weighted by Crippen LogP contribution is -2.54. The molecule has 2 aliphatic heterocycles. The first-order chi connectivity index (χ1) is 10.9. The zero-order chi connectivity index (χ0) is 16.7. The molecular weight excluding hydrogens is 294 g/mol. The van der Waals surface area contributed by atoms with Gasteiger partial charge in [-0.15, -0.1) is 0 Å². The average Bonchev–Trinajstić information content (AvgIpc) is 2.87. The maximum Gasteiger partial charge on any atom is 0.274 e. The molecule has 1 spiro atoms. The van der Waals surface area contributed by atoms with E-state index < -0.39 is 5.60 Å². The molecule has 23 heavy (non-hydrogen) atoms. The zero-order valence-corrected chi connectivity index (χ0v) is 14.3. The van der Waals surface area contributed by atoms with Crippen LogP contribution in [0.1, 0.15) is 61.3 Å². The molecule has 3 heterocycles. The predicted molar refractivity (Wildman–Crippen MR) is 86.4 cm³/mol. The van der Waals surface area contributed by atoms with Gasteiger partial charge in [-0.3, -0.25) is 9.89 Å². The Morgan fingerprint density at radius 3 is 2.65 bits per heavy atom. The van der Waals surface area contributed by atoms with Crippen molar-refractivity contribution in [3.63, 3.8) is 0 Å². The van der Waals surface area contributed by atoms with Crippen LogP contribution in [0.25, 0.3) is 0 Å². The molecule has 2 N–H and O–H groups in total. The highest BCUT2D eigenvalue weighted by molar-refractivity contribution is 5.94. The van der Waals surface area contributed by atoms with E-state index in [2.05, 4.69) is 10.2 Å². The number of likely N-dealkylation sites (tertiary alicyclic amines) is 1. The van der Waals surface area contributed by atoms with E-state index in [9.17, 15) is 9.90 Å². The molecule has 2 fully saturated rings. The van der Waals surface area contributed by atoms with Gasteiger partial charge in [0.05, 0.1) is 17.8 Å². The Labute approximate surface area is 137 Å². The molecule has 0 radical (unpaired) electrons. The molecule has 1 atom stereocenters. The van der Waals surface area contributed by atoms with Gasteiger partial charge in [-0.1, -0.05) is 6.92 Å². The minimum Gasteiger partial charge on any atom is -0.390 e. The number of amides is 1. The molecule has 2 saturated heterocycles. The minimum atomic E-state index is -0.654. The van der Waals surface area contributed by atoms with Crippen LogP contribution in [0.4, 0.5) is 0 Å². The van der Waals surface area contributed by atoms with Crippen molar-refractivity contribution in [1.82, 2.24) is 15.1 Å². The third kappa shape index (κ3) is 3.15. The number of piperidine rings is 1. The molecule has 3 rings (SSSR count). The van der Waals surface area contributed by atoms with Gasteiger partial charge < -0.3 is 14.7 Å². The zero-order valence-electron chi connectivity index (χ0n) is 14.3. The van der Waals surface area contributed by atoms with Crippen LogP contribution in [0.15, 0.2) is 0 Å². The van der Waals surface area contributed by atoms with E-state index in [-0.39, 0.29) is 11.5 Å². The first kappa shape index (κ1) is 16.5. The summed E-state index contributed by atoms with van der Waals surface area (Å²) >= 11 is 0. The Balaban J connectivity index is 1.66. The molecular formula is C17H27N3O3. The van der Waals surface area contributed by atoms with Crippen molar-refractivity contribution in [2.24, 2.45) is 0 Å². The smallest absolute Gasteiger partial charge is 0.274 e. The Morgan fingerprint density at radius 1 is 1.39 bits per heavy atom. The molecule has 1 unspecified atom stereocenters. The molecule has 1 aromatic heterocycles. The summed E-state index contributed by atoms with van der Waals surface area (Å²) in [6.07, 6.45) is 3.74. The highest BCUT2D eigenvalue weighted by Crippen LogP contribution is 2.39. The summed E-state index contributed by atoms with van der Waals surface area (Å²) < 4.78 is 6.00. The maximum atomic E-state index is 12.7. The molecule has 6 nitrogen and oxygen atoms in total. The van der Waals surface area contributed by atoms with Crippen molar-refractivity contribution in [2.45, 2.75) is 64.1 Å². The second-order valence-electron chi connectivity index (χ2n) is 7.28. The van der Waals surface area contributed by atoms with Gasteiger partial charge in [0.2, 0.25) is 0 Å². The topological polar surface area (TPSA) is 78.5 Å². The summed E-state index contributed by atoms with van der Waals surface area (Å²) in [5, 5.41) is 17.5. The molecule has 2 aliphatic rings. The monoisotopic (exact) mass is 321 g/mol. The van der Waals surface area contributed by atoms with Gasteiger partial charge in [0, 0.05) is 30.8 Å². The van der Waals surface area contributed by atoms with Gasteiger partial charge in [0.15, 0.2) is 5.69 Å². The summed E-state index contributed by atoms with van der Waals surface area (Å²) in [5.41, 5.74) is 1.59. The lowest BCUT2D eigenvalue weighted by Gasteiger charge is -2.48. The number of carbonyl (C=O) groups excluding carboxylic acids is 1. The molecule has 0 saturated carbocycles. The Bertz CT molecular complexity index is 586. The molecule has 0 aliphatic carbocycles. The Morgan fingerprint density at radius 2 is 2.09 bits per heavy atom. The fraction of sp³-hybridized carbons (Fsp3) is 0.765. The van der Waals surface area contributed by atoms with Crippen LogP contribution in [0.2, 0.25) is 0 Å². The van der Waals surface area contributed by atoms with Gasteiger partial charge in [0.25, 0.3) is 5.91 Å². The number of aromatic amines is 1. The van der Waals surface area contributed by atoms with E-state index >= 15 is 0 Å². The lowest BCUT2D eigenvalue weighted by atomic mass is 9.78. The van der Waals surface area contributed by atoms with Crippen LogP contribution >= 0.6 is 0 Å². The fourth-order valence-electron chi connectivity index (χ4n) is 3.90. The van der Waals surface area contributed by atoms with Crippen molar-refractivity contribution >= 4 is 5.91 Å². The third-order valence-electron chi connectivity index (χ3n) is 5.38. The van der Waals surface area contributed by atoms with Gasteiger partial charge >= 0.3 is 0 Å². The number of nitrogens with zero attached hydrogens (tertiary/aromatic N) is 2. The summed E-state index contributed by atoms with van der Waals surface area (Å²) in [4.78, 5) is 14.6. The van der Waals surface area contributed by atoms with Crippen LogP contribution < -0.4 is 0 Å². The van der Waals surface area contributed by atoms with Crippen molar-refractivity contribution < 1.29 is 14.6 Å². The van der Waals surface area contributed by atoms with E-state index in [0.717, 1.165) is 30.5 Å². The molecule has 0 bridgehead atoms. The van der Waals surface area contributed by atoms with Crippen LogP contribution in [0.5, 0.6) is 0 Å². The number of nitrogens with one attached hydrogen (secondary N) is 1. The lowest BCUT2D eigenvalue weighted by molar-refractivity contribution is -0.170. The van der Waals surface area contributed by atoms with Gasteiger partial charge in [-0.2, -0.15) is 5.10 Å². The Kier molecular flexibility index (Phi) is 4.23. The first-order valence-electron chi connectivity index (χ1n) is 8.55. The SMILES string of the molecule is CCc1[nH]nc(C(=O)N2CCC3(CC2)CC(C)(O)CCO3)c1C. The number of aliphatic hydroxyl groups is 1. The largest absolute Gasteiger partial charge is 0.390 e. The number of aromatic nitrogens is 2. The molecule has 1 aromatic rings. The van der Waals surface area contributed by atoms with Gasteiger partial charge in [0.1, 0.15) is 0 Å². The maximum absolute atomic E-state index is 12.7. The highest BCUT2D eigenvalue weighted by atomic mass is 16.5. The highest BCUT2D eigenvalue weighted by Gasteiger charge is 2.45. The number of rotatable bonds is 2. The predicted octanol–water partition coefficient (Wildman–Crippen LogP) is 1.82. The summed E-state index contributed by atoms with van der Waals surface area (Å²) in [6, 6.07) is 0. The molecule has 128 valence electrons. The Hall–Kier alpha value is -1.40. The average molecular weight is 321 g/mol. The van der Waals surface area contributed by atoms with Crippen LogP contribution in [0, 0.1) is 6.92 Å². The van der Waals surface area contributed by atoms with Crippen LogP contribution in [0.3, 0.4) is 0 Å². The number of hydrogen-bond donors (Lipinski definition) is 2. The minimum absolute atomic E-state index is 0.00382. The second kappa shape index (κ2) is 5.91. The van der Waals surface area contributed by atoms with E-state index in [1.807, 2.05) is 25.7 Å². The van der Waals surface area contributed by atoms with Crippen molar-refractivity contribution in [3.05, 3.63) is 17.0 Å². The fourth-order valence-corrected chi connectivity index (χ4v) is 3.90. The first-order valence-corrected chi connectivity index (χ1v) is 8.55. The summed E-state index contributed by atoms with van der Waals surface area (Å²) in [6.45, 7) is 7.78. The number of ether oxygens (including phenoxy) is 1. The second-order valence-corrected chi connectivity index (χ2v) is 7.28. The van der Waals surface area contributed by atoms with Gasteiger partial charge in [-0.25, -0.2) is 0 Å². The van der Waals surface area contributed by atoms with E-state index in [1.165, 1.54) is 0 Å².